The SMILES string of the molecule is CCC(N)Cc1cccc(-c2ccc(C(=O)OC)cc2)c1.Cl. The number of hydrogen-bond acceptors (Lipinski definition) is 3. The first kappa shape index (κ1) is 18.2. The van der Waals surface area contributed by atoms with Gasteiger partial charge in [-0.25, -0.2) is 4.79 Å². The van der Waals surface area contributed by atoms with Crippen molar-refractivity contribution in [3.63, 3.8) is 0 Å². The number of carbonyl (C=O) groups excluding carboxylic acids is 1. The number of ether oxygens (including phenoxy) is 1. The summed E-state index contributed by atoms with van der Waals surface area (Å²) < 4.78 is 4.70. The first-order valence-corrected chi connectivity index (χ1v) is 7.17. The van der Waals surface area contributed by atoms with Crippen LogP contribution < -0.4 is 5.73 Å². The van der Waals surface area contributed by atoms with Crippen molar-refractivity contribution in [1.82, 2.24) is 0 Å². The van der Waals surface area contributed by atoms with E-state index < -0.39 is 0 Å². The molecule has 0 bridgehead atoms. The molecule has 2 N–H and O–H groups in total. The summed E-state index contributed by atoms with van der Waals surface area (Å²) in [7, 11) is 1.39. The van der Waals surface area contributed by atoms with Gasteiger partial charge in [-0.05, 0) is 41.7 Å². The van der Waals surface area contributed by atoms with Gasteiger partial charge in [0.05, 0.1) is 12.7 Å². The Bertz CT molecular complexity index is 611. The van der Waals surface area contributed by atoms with Crippen LogP contribution >= 0.6 is 12.4 Å². The van der Waals surface area contributed by atoms with E-state index in [0.29, 0.717) is 5.56 Å². The second kappa shape index (κ2) is 8.57. The van der Waals surface area contributed by atoms with E-state index in [-0.39, 0.29) is 24.4 Å². The Morgan fingerprint density at radius 3 is 2.41 bits per heavy atom. The topological polar surface area (TPSA) is 52.3 Å². The lowest BCUT2D eigenvalue weighted by Crippen LogP contribution is -2.21. The fourth-order valence-electron chi connectivity index (χ4n) is 2.24. The maximum atomic E-state index is 11.4. The lowest BCUT2D eigenvalue weighted by Gasteiger charge is -2.10. The van der Waals surface area contributed by atoms with Crippen LogP contribution in [-0.2, 0) is 11.2 Å². The Hall–Kier alpha value is -1.84. The highest BCUT2D eigenvalue weighted by atomic mass is 35.5. The van der Waals surface area contributed by atoms with Gasteiger partial charge in [-0.15, -0.1) is 12.4 Å². The Morgan fingerprint density at radius 1 is 1.14 bits per heavy atom. The first-order valence-electron chi connectivity index (χ1n) is 7.17. The third kappa shape index (κ3) is 4.58. The summed E-state index contributed by atoms with van der Waals surface area (Å²) in [4.78, 5) is 11.4. The summed E-state index contributed by atoms with van der Waals surface area (Å²) in [6.07, 6.45) is 1.85. The number of benzene rings is 2. The van der Waals surface area contributed by atoms with E-state index in [0.717, 1.165) is 24.0 Å². The van der Waals surface area contributed by atoms with Gasteiger partial charge in [0.15, 0.2) is 0 Å². The van der Waals surface area contributed by atoms with Crippen molar-refractivity contribution in [3.05, 3.63) is 59.7 Å². The van der Waals surface area contributed by atoms with Gasteiger partial charge in [0, 0.05) is 6.04 Å². The van der Waals surface area contributed by atoms with Gasteiger partial charge in [-0.3, -0.25) is 0 Å². The Kier molecular flexibility index (Phi) is 7.09. The van der Waals surface area contributed by atoms with Crippen LogP contribution in [0.2, 0.25) is 0 Å². The highest BCUT2D eigenvalue weighted by molar-refractivity contribution is 5.90. The molecular weight excluding hydrogens is 298 g/mol. The molecule has 0 aliphatic rings. The molecule has 0 amide bonds. The molecule has 4 heteroatoms. The highest BCUT2D eigenvalue weighted by Crippen LogP contribution is 2.22. The standard InChI is InChI=1S/C18H21NO2.ClH/c1-3-17(19)12-13-5-4-6-16(11-13)14-7-9-15(10-8-14)18(20)21-2;/h4-11,17H,3,12,19H2,1-2H3;1H. The lowest BCUT2D eigenvalue weighted by atomic mass is 9.98. The molecule has 0 heterocycles. The minimum absolute atomic E-state index is 0. The molecule has 2 aromatic carbocycles. The maximum Gasteiger partial charge on any atom is 0.337 e. The average molecular weight is 320 g/mol. The maximum absolute atomic E-state index is 11.4. The quantitative estimate of drug-likeness (QED) is 0.852. The normalized spacial score (nSPS) is 11.4. The molecule has 1 unspecified atom stereocenters. The zero-order chi connectivity index (χ0) is 15.2. The summed E-state index contributed by atoms with van der Waals surface area (Å²) in [5.41, 5.74) is 10.0. The molecule has 0 aliphatic carbocycles. The molecule has 0 saturated carbocycles. The van der Waals surface area contributed by atoms with Crippen LogP contribution in [0, 0.1) is 0 Å². The molecule has 0 saturated heterocycles. The Balaban J connectivity index is 0.00000242. The van der Waals surface area contributed by atoms with E-state index in [1.54, 1.807) is 12.1 Å². The predicted octanol–water partition coefficient (Wildman–Crippen LogP) is 3.84. The Morgan fingerprint density at radius 2 is 1.82 bits per heavy atom. The first-order chi connectivity index (χ1) is 10.1. The van der Waals surface area contributed by atoms with E-state index in [1.807, 2.05) is 18.2 Å². The fraction of sp³-hybridized carbons (Fsp3) is 0.278. The largest absolute Gasteiger partial charge is 0.465 e. The molecule has 0 radical (unpaired) electrons. The van der Waals surface area contributed by atoms with E-state index in [9.17, 15) is 4.79 Å². The number of nitrogens with two attached hydrogens (primary N) is 1. The molecule has 1 atom stereocenters. The molecule has 0 fully saturated rings. The van der Waals surface area contributed by atoms with Crippen LogP contribution in [0.4, 0.5) is 0 Å². The zero-order valence-corrected chi connectivity index (χ0v) is 13.7. The summed E-state index contributed by atoms with van der Waals surface area (Å²) in [6.45, 7) is 2.10. The molecule has 0 spiro atoms. The molecule has 118 valence electrons. The smallest absolute Gasteiger partial charge is 0.337 e. The molecule has 2 rings (SSSR count). The van der Waals surface area contributed by atoms with Crippen LogP contribution in [0.3, 0.4) is 0 Å². The van der Waals surface area contributed by atoms with Gasteiger partial charge < -0.3 is 10.5 Å². The molecule has 3 nitrogen and oxygen atoms in total. The van der Waals surface area contributed by atoms with Gasteiger partial charge in [-0.1, -0.05) is 43.3 Å². The second-order valence-electron chi connectivity index (χ2n) is 5.14. The summed E-state index contributed by atoms with van der Waals surface area (Å²) >= 11 is 0. The van der Waals surface area contributed by atoms with Gasteiger partial charge in [0.1, 0.15) is 0 Å². The van der Waals surface area contributed by atoms with Crippen molar-refractivity contribution in [2.24, 2.45) is 5.73 Å². The van der Waals surface area contributed by atoms with Gasteiger partial charge >= 0.3 is 5.97 Å². The third-order valence-electron chi connectivity index (χ3n) is 3.59. The summed E-state index contributed by atoms with van der Waals surface area (Å²) in [6, 6.07) is 16.0. The zero-order valence-electron chi connectivity index (χ0n) is 12.9. The summed E-state index contributed by atoms with van der Waals surface area (Å²) in [5, 5.41) is 0. The van der Waals surface area contributed by atoms with Crippen LogP contribution in [0.1, 0.15) is 29.3 Å². The molecule has 2 aromatic rings. The fourth-order valence-corrected chi connectivity index (χ4v) is 2.24. The van der Waals surface area contributed by atoms with Crippen LogP contribution in [0.5, 0.6) is 0 Å². The highest BCUT2D eigenvalue weighted by Gasteiger charge is 2.06. The number of hydrogen-bond donors (Lipinski definition) is 1. The van der Waals surface area contributed by atoms with E-state index >= 15 is 0 Å². The van der Waals surface area contributed by atoms with Crippen LogP contribution in [0.15, 0.2) is 48.5 Å². The Labute approximate surface area is 137 Å². The van der Waals surface area contributed by atoms with E-state index in [1.165, 1.54) is 12.7 Å². The van der Waals surface area contributed by atoms with Gasteiger partial charge in [0.25, 0.3) is 0 Å². The summed E-state index contributed by atoms with van der Waals surface area (Å²) in [5.74, 6) is -0.316. The number of halogens is 1. The molecule has 0 aromatic heterocycles. The van der Waals surface area contributed by atoms with Crippen molar-refractivity contribution in [3.8, 4) is 11.1 Å². The van der Waals surface area contributed by atoms with Crippen LogP contribution in [-0.4, -0.2) is 19.1 Å². The van der Waals surface area contributed by atoms with Crippen molar-refractivity contribution in [2.75, 3.05) is 7.11 Å². The second-order valence-corrected chi connectivity index (χ2v) is 5.14. The third-order valence-corrected chi connectivity index (χ3v) is 3.59. The molecular formula is C18H22ClNO2. The number of esters is 1. The predicted molar refractivity (Wildman–Crippen MR) is 92.4 cm³/mol. The van der Waals surface area contributed by atoms with Crippen molar-refractivity contribution >= 4 is 18.4 Å². The number of carbonyl (C=O) groups is 1. The van der Waals surface area contributed by atoms with Crippen molar-refractivity contribution in [1.29, 1.82) is 0 Å². The number of rotatable bonds is 5. The molecule has 22 heavy (non-hydrogen) atoms. The minimum Gasteiger partial charge on any atom is -0.465 e. The van der Waals surface area contributed by atoms with Crippen molar-refractivity contribution in [2.45, 2.75) is 25.8 Å². The van der Waals surface area contributed by atoms with Gasteiger partial charge in [0.2, 0.25) is 0 Å². The lowest BCUT2D eigenvalue weighted by molar-refractivity contribution is 0.0601. The van der Waals surface area contributed by atoms with Gasteiger partial charge in [-0.2, -0.15) is 0 Å². The average Bonchev–Trinajstić information content (AvgIpc) is 2.54. The minimum atomic E-state index is -0.316. The van der Waals surface area contributed by atoms with Crippen LogP contribution in [0.25, 0.3) is 11.1 Å². The monoisotopic (exact) mass is 319 g/mol. The molecule has 0 aliphatic heterocycles. The van der Waals surface area contributed by atoms with Crippen molar-refractivity contribution < 1.29 is 9.53 Å². The van der Waals surface area contributed by atoms with E-state index in [2.05, 4.69) is 25.1 Å². The number of methoxy groups -OCH3 is 1. The van der Waals surface area contributed by atoms with E-state index in [4.69, 9.17) is 10.5 Å².